The van der Waals surface area contributed by atoms with Crippen LogP contribution < -0.4 is 10.2 Å². The van der Waals surface area contributed by atoms with Gasteiger partial charge in [-0.05, 0) is 26.8 Å². The summed E-state index contributed by atoms with van der Waals surface area (Å²) in [4.78, 5) is 14.9. The predicted molar refractivity (Wildman–Crippen MR) is 106 cm³/mol. The van der Waals surface area contributed by atoms with E-state index in [2.05, 4.69) is 35.4 Å². The van der Waals surface area contributed by atoms with Crippen LogP contribution in [0.5, 0.6) is 0 Å². The van der Waals surface area contributed by atoms with Crippen molar-refractivity contribution in [3.63, 3.8) is 0 Å². The Morgan fingerprint density at radius 2 is 1.93 bits per heavy atom. The molecule has 8 nitrogen and oxygen atoms in total. The predicted octanol–water partition coefficient (Wildman–Crippen LogP) is 3.39. The third-order valence-corrected chi connectivity index (χ3v) is 4.96. The number of alkyl halides is 3. The first kappa shape index (κ1) is 20.3. The van der Waals surface area contributed by atoms with E-state index < -0.39 is 12.2 Å². The lowest BCUT2D eigenvalue weighted by Gasteiger charge is -2.36. The Morgan fingerprint density at radius 3 is 2.63 bits per heavy atom. The van der Waals surface area contributed by atoms with Gasteiger partial charge in [-0.2, -0.15) is 18.3 Å². The molecule has 3 aromatic heterocycles. The molecule has 0 amide bonds. The number of rotatable bonds is 4. The number of aromatic amines is 1. The number of ether oxygens (including phenoxy) is 1. The van der Waals surface area contributed by atoms with E-state index in [0.717, 1.165) is 6.92 Å². The molecule has 0 radical (unpaired) electrons. The van der Waals surface area contributed by atoms with Crippen molar-refractivity contribution in [2.24, 2.45) is 0 Å². The molecule has 3 atom stereocenters. The normalized spacial score (nSPS) is 21.1. The Labute approximate surface area is 170 Å². The second-order valence-electron chi connectivity index (χ2n) is 7.49. The fraction of sp³-hybridized carbons (Fsp3) is 0.474. The molecule has 0 saturated carbocycles. The van der Waals surface area contributed by atoms with Gasteiger partial charge < -0.3 is 15.0 Å². The van der Waals surface area contributed by atoms with Gasteiger partial charge in [0, 0.05) is 25.4 Å². The van der Waals surface area contributed by atoms with E-state index in [0.29, 0.717) is 41.2 Å². The SMILES string of the molecule is C[C@H](Nc1nccc2[nH]nc(-c3cc(N4C[C@H](C)O[C@@H](C)C4)ncn3)c12)C(F)(F)F. The number of nitrogens with one attached hydrogen (secondary N) is 2. The first-order chi connectivity index (χ1) is 14.2. The molecular formula is C19H22F3N7O. The van der Waals surface area contributed by atoms with E-state index in [-0.39, 0.29) is 18.0 Å². The third-order valence-electron chi connectivity index (χ3n) is 4.96. The van der Waals surface area contributed by atoms with Gasteiger partial charge in [0.05, 0.1) is 28.8 Å². The molecule has 4 heterocycles. The molecule has 30 heavy (non-hydrogen) atoms. The van der Waals surface area contributed by atoms with Gasteiger partial charge in [0.25, 0.3) is 0 Å². The quantitative estimate of drug-likeness (QED) is 0.667. The summed E-state index contributed by atoms with van der Waals surface area (Å²) in [5, 5.41) is 10.0. The van der Waals surface area contributed by atoms with Crippen LogP contribution in [0, 0.1) is 0 Å². The summed E-state index contributed by atoms with van der Waals surface area (Å²) >= 11 is 0. The van der Waals surface area contributed by atoms with Crippen molar-refractivity contribution in [2.75, 3.05) is 23.3 Å². The topological polar surface area (TPSA) is 91.9 Å². The minimum Gasteiger partial charge on any atom is -0.372 e. The summed E-state index contributed by atoms with van der Waals surface area (Å²) in [5.41, 5.74) is 1.47. The zero-order valence-corrected chi connectivity index (χ0v) is 16.7. The lowest BCUT2D eigenvalue weighted by molar-refractivity contribution is -0.138. The second kappa shape index (κ2) is 7.71. The van der Waals surface area contributed by atoms with Crippen molar-refractivity contribution in [2.45, 2.75) is 45.2 Å². The van der Waals surface area contributed by atoms with E-state index in [9.17, 15) is 13.2 Å². The van der Waals surface area contributed by atoms with Crippen LogP contribution in [0.3, 0.4) is 0 Å². The molecule has 0 bridgehead atoms. The third kappa shape index (κ3) is 4.02. The first-order valence-electron chi connectivity index (χ1n) is 9.61. The van der Waals surface area contributed by atoms with Gasteiger partial charge in [0.1, 0.15) is 29.7 Å². The number of H-pyrrole nitrogens is 1. The highest BCUT2D eigenvalue weighted by Gasteiger charge is 2.36. The van der Waals surface area contributed by atoms with Crippen molar-refractivity contribution >= 4 is 22.5 Å². The summed E-state index contributed by atoms with van der Waals surface area (Å²) in [6, 6.07) is 1.67. The number of anilines is 2. The van der Waals surface area contributed by atoms with E-state index in [1.807, 2.05) is 13.8 Å². The van der Waals surface area contributed by atoms with Crippen LogP contribution >= 0.6 is 0 Å². The largest absolute Gasteiger partial charge is 0.408 e. The number of morpholine rings is 1. The smallest absolute Gasteiger partial charge is 0.372 e. The Balaban J connectivity index is 1.72. The number of hydrogen-bond acceptors (Lipinski definition) is 7. The van der Waals surface area contributed by atoms with Gasteiger partial charge in [0.15, 0.2) is 0 Å². The van der Waals surface area contributed by atoms with E-state index in [1.54, 1.807) is 12.1 Å². The number of pyridine rings is 1. The maximum Gasteiger partial charge on any atom is 0.408 e. The average Bonchev–Trinajstić information content (AvgIpc) is 3.12. The highest BCUT2D eigenvalue weighted by Crippen LogP contribution is 2.33. The van der Waals surface area contributed by atoms with Crippen molar-refractivity contribution in [1.82, 2.24) is 25.1 Å². The molecule has 0 spiro atoms. The number of halogens is 3. The monoisotopic (exact) mass is 421 g/mol. The molecule has 1 aliphatic rings. The summed E-state index contributed by atoms with van der Waals surface area (Å²) < 4.78 is 44.9. The van der Waals surface area contributed by atoms with Crippen LogP contribution in [-0.2, 0) is 4.74 Å². The van der Waals surface area contributed by atoms with Crippen molar-refractivity contribution in [3.8, 4) is 11.4 Å². The molecule has 160 valence electrons. The minimum atomic E-state index is -4.40. The van der Waals surface area contributed by atoms with Crippen LogP contribution in [0.15, 0.2) is 24.7 Å². The van der Waals surface area contributed by atoms with Gasteiger partial charge in [-0.25, -0.2) is 15.0 Å². The number of fused-ring (bicyclic) bond motifs is 1. The number of aromatic nitrogens is 5. The maximum absolute atomic E-state index is 13.1. The van der Waals surface area contributed by atoms with Gasteiger partial charge in [0.2, 0.25) is 0 Å². The van der Waals surface area contributed by atoms with Crippen molar-refractivity contribution < 1.29 is 17.9 Å². The fourth-order valence-corrected chi connectivity index (χ4v) is 3.56. The molecular weight excluding hydrogens is 399 g/mol. The number of nitrogens with zero attached hydrogens (tertiary/aromatic N) is 5. The highest BCUT2D eigenvalue weighted by molar-refractivity contribution is 6.00. The molecule has 3 aromatic rings. The Kier molecular flexibility index (Phi) is 5.22. The summed E-state index contributed by atoms with van der Waals surface area (Å²) in [6.07, 6.45) is -1.43. The summed E-state index contributed by atoms with van der Waals surface area (Å²) in [6.45, 7) is 6.40. The van der Waals surface area contributed by atoms with Crippen LogP contribution in [0.2, 0.25) is 0 Å². The maximum atomic E-state index is 13.1. The van der Waals surface area contributed by atoms with Crippen molar-refractivity contribution in [3.05, 3.63) is 24.7 Å². The summed E-state index contributed by atoms with van der Waals surface area (Å²) in [5.74, 6) is 0.801. The molecule has 1 saturated heterocycles. The number of hydrogen-bond donors (Lipinski definition) is 2. The molecule has 1 fully saturated rings. The Hall–Kier alpha value is -2.95. The highest BCUT2D eigenvalue weighted by atomic mass is 19.4. The average molecular weight is 421 g/mol. The zero-order valence-electron chi connectivity index (χ0n) is 16.7. The van der Waals surface area contributed by atoms with E-state index in [1.165, 1.54) is 12.5 Å². The van der Waals surface area contributed by atoms with Crippen LogP contribution in [0.25, 0.3) is 22.3 Å². The fourth-order valence-electron chi connectivity index (χ4n) is 3.56. The Bertz CT molecular complexity index is 1030. The molecule has 11 heteroatoms. The van der Waals surface area contributed by atoms with Crippen LogP contribution in [-0.4, -0.2) is 62.7 Å². The zero-order chi connectivity index (χ0) is 21.5. The molecule has 2 N–H and O–H groups in total. The minimum absolute atomic E-state index is 0.0576. The van der Waals surface area contributed by atoms with Crippen LogP contribution in [0.4, 0.5) is 24.8 Å². The van der Waals surface area contributed by atoms with Gasteiger partial charge in [-0.3, -0.25) is 5.10 Å². The summed E-state index contributed by atoms with van der Waals surface area (Å²) in [7, 11) is 0. The van der Waals surface area contributed by atoms with Gasteiger partial charge in [-0.15, -0.1) is 0 Å². The lowest BCUT2D eigenvalue weighted by atomic mass is 10.1. The molecule has 0 unspecified atom stereocenters. The lowest BCUT2D eigenvalue weighted by Crippen LogP contribution is -2.45. The van der Waals surface area contributed by atoms with E-state index >= 15 is 0 Å². The van der Waals surface area contributed by atoms with Gasteiger partial charge in [-0.1, -0.05) is 0 Å². The first-order valence-corrected chi connectivity index (χ1v) is 9.61. The molecule has 1 aliphatic heterocycles. The standard InChI is InChI=1S/C19H22F3N7O/c1-10-7-29(8-11(2)30-10)15-6-14(24-9-25-15)17-16-13(27-28-17)4-5-23-18(16)26-12(3)19(20,21)22/h4-6,9-12H,7-8H2,1-3H3,(H,23,26)(H,27,28)/t10-,11-,12-/m0/s1. The Morgan fingerprint density at radius 1 is 1.20 bits per heavy atom. The molecule has 4 rings (SSSR count). The van der Waals surface area contributed by atoms with Crippen molar-refractivity contribution in [1.29, 1.82) is 0 Å². The van der Waals surface area contributed by atoms with E-state index in [4.69, 9.17) is 4.74 Å². The van der Waals surface area contributed by atoms with Crippen LogP contribution in [0.1, 0.15) is 20.8 Å². The second-order valence-corrected chi connectivity index (χ2v) is 7.49. The van der Waals surface area contributed by atoms with Gasteiger partial charge >= 0.3 is 6.18 Å². The molecule has 0 aromatic carbocycles. The molecule has 0 aliphatic carbocycles.